The monoisotopic (exact) mass is 361 g/mol. The number of ether oxygens (including phenoxy) is 1. The van der Waals surface area contributed by atoms with Crippen LogP contribution in [0, 0.1) is 0 Å². The highest BCUT2D eigenvalue weighted by Crippen LogP contribution is 2.18. The second-order valence-corrected chi connectivity index (χ2v) is 7.68. The second-order valence-electron chi connectivity index (χ2n) is 7.68. The zero-order chi connectivity index (χ0) is 19.0. The topological polar surface area (TPSA) is 70.7 Å². The SMILES string of the molecule is CC(C)(C)OC(=O)NCCC(=O)NCCCN1CCc2ccccc2C1. The predicted molar refractivity (Wildman–Crippen MR) is 102 cm³/mol. The maximum atomic E-state index is 11.8. The first-order chi connectivity index (χ1) is 12.3. The van der Waals surface area contributed by atoms with E-state index in [-0.39, 0.29) is 18.9 Å². The van der Waals surface area contributed by atoms with Gasteiger partial charge in [0.05, 0.1) is 0 Å². The fourth-order valence-corrected chi connectivity index (χ4v) is 2.96. The van der Waals surface area contributed by atoms with Crippen molar-refractivity contribution in [3.8, 4) is 0 Å². The van der Waals surface area contributed by atoms with Crippen LogP contribution in [0.3, 0.4) is 0 Å². The zero-order valence-corrected chi connectivity index (χ0v) is 16.1. The molecule has 1 aromatic rings. The Kier molecular flexibility index (Phi) is 7.45. The van der Waals surface area contributed by atoms with Crippen molar-refractivity contribution in [2.45, 2.75) is 52.2 Å². The highest BCUT2D eigenvalue weighted by atomic mass is 16.6. The Bertz CT molecular complexity index is 611. The third-order valence-electron chi connectivity index (χ3n) is 4.20. The van der Waals surface area contributed by atoms with Crippen molar-refractivity contribution in [2.24, 2.45) is 0 Å². The summed E-state index contributed by atoms with van der Waals surface area (Å²) in [6.45, 7) is 9.40. The quantitative estimate of drug-likeness (QED) is 0.732. The molecule has 0 aliphatic carbocycles. The molecular formula is C20H31N3O3. The Morgan fingerprint density at radius 1 is 1.12 bits per heavy atom. The van der Waals surface area contributed by atoms with Gasteiger partial charge in [-0.05, 0) is 44.7 Å². The summed E-state index contributed by atoms with van der Waals surface area (Å²) in [5.74, 6) is -0.0509. The number of hydrogen-bond donors (Lipinski definition) is 2. The molecule has 1 aliphatic rings. The molecule has 0 unspecified atom stereocenters. The highest BCUT2D eigenvalue weighted by molar-refractivity contribution is 5.76. The van der Waals surface area contributed by atoms with Gasteiger partial charge in [0.1, 0.15) is 5.60 Å². The molecule has 0 atom stereocenters. The van der Waals surface area contributed by atoms with E-state index >= 15 is 0 Å². The van der Waals surface area contributed by atoms with Crippen LogP contribution in [0.5, 0.6) is 0 Å². The molecular weight excluding hydrogens is 330 g/mol. The lowest BCUT2D eigenvalue weighted by atomic mass is 10.00. The molecule has 1 heterocycles. The second kappa shape index (κ2) is 9.57. The van der Waals surface area contributed by atoms with Gasteiger partial charge in [0.15, 0.2) is 0 Å². The molecule has 2 N–H and O–H groups in total. The zero-order valence-electron chi connectivity index (χ0n) is 16.1. The van der Waals surface area contributed by atoms with E-state index in [0.29, 0.717) is 6.54 Å². The first kappa shape index (κ1) is 20.2. The summed E-state index contributed by atoms with van der Waals surface area (Å²) >= 11 is 0. The molecule has 1 aromatic carbocycles. The van der Waals surface area contributed by atoms with Crippen molar-refractivity contribution in [2.75, 3.05) is 26.2 Å². The van der Waals surface area contributed by atoms with E-state index in [0.717, 1.165) is 32.5 Å². The maximum absolute atomic E-state index is 11.8. The number of nitrogens with one attached hydrogen (secondary N) is 2. The van der Waals surface area contributed by atoms with Gasteiger partial charge in [0.2, 0.25) is 5.91 Å². The minimum atomic E-state index is -0.526. The molecule has 0 saturated carbocycles. The Labute approximate surface area is 156 Å². The molecule has 1 aliphatic heterocycles. The number of rotatable bonds is 7. The number of carbonyl (C=O) groups excluding carboxylic acids is 2. The summed E-state index contributed by atoms with van der Waals surface area (Å²) in [5.41, 5.74) is 2.34. The molecule has 0 fully saturated rings. The molecule has 26 heavy (non-hydrogen) atoms. The van der Waals surface area contributed by atoms with Gasteiger partial charge in [0, 0.05) is 39.1 Å². The molecule has 0 aromatic heterocycles. The summed E-state index contributed by atoms with van der Waals surface area (Å²) in [6, 6.07) is 8.59. The lowest BCUT2D eigenvalue weighted by Crippen LogP contribution is -2.36. The highest BCUT2D eigenvalue weighted by Gasteiger charge is 2.16. The summed E-state index contributed by atoms with van der Waals surface area (Å²) in [5, 5.41) is 5.50. The van der Waals surface area contributed by atoms with E-state index in [9.17, 15) is 9.59 Å². The molecule has 0 bridgehead atoms. The van der Waals surface area contributed by atoms with Crippen LogP contribution in [0.1, 0.15) is 44.7 Å². The Morgan fingerprint density at radius 2 is 1.85 bits per heavy atom. The fourth-order valence-electron chi connectivity index (χ4n) is 2.96. The average Bonchev–Trinajstić information content (AvgIpc) is 2.57. The molecule has 0 radical (unpaired) electrons. The lowest BCUT2D eigenvalue weighted by Gasteiger charge is -2.28. The van der Waals surface area contributed by atoms with Crippen LogP contribution >= 0.6 is 0 Å². The van der Waals surface area contributed by atoms with Crippen molar-refractivity contribution in [1.29, 1.82) is 0 Å². The van der Waals surface area contributed by atoms with Gasteiger partial charge in [-0.1, -0.05) is 24.3 Å². The third kappa shape index (κ3) is 7.44. The van der Waals surface area contributed by atoms with Crippen LogP contribution in [0.15, 0.2) is 24.3 Å². The number of fused-ring (bicyclic) bond motifs is 1. The van der Waals surface area contributed by atoms with Gasteiger partial charge in [0.25, 0.3) is 0 Å². The van der Waals surface area contributed by atoms with Crippen LogP contribution in [0.2, 0.25) is 0 Å². The van der Waals surface area contributed by atoms with Crippen molar-refractivity contribution in [1.82, 2.24) is 15.5 Å². The molecule has 2 amide bonds. The molecule has 6 heteroatoms. The van der Waals surface area contributed by atoms with E-state index in [1.165, 1.54) is 11.1 Å². The smallest absolute Gasteiger partial charge is 0.407 e. The number of alkyl carbamates (subject to hydrolysis) is 1. The van der Waals surface area contributed by atoms with Gasteiger partial charge in [-0.2, -0.15) is 0 Å². The van der Waals surface area contributed by atoms with Crippen molar-refractivity contribution < 1.29 is 14.3 Å². The van der Waals surface area contributed by atoms with Crippen molar-refractivity contribution in [3.05, 3.63) is 35.4 Å². The van der Waals surface area contributed by atoms with Gasteiger partial charge < -0.3 is 15.4 Å². The summed E-state index contributed by atoms with van der Waals surface area (Å²) in [4.78, 5) is 25.7. The van der Waals surface area contributed by atoms with E-state index in [4.69, 9.17) is 4.74 Å². The van der Waals surface area contributed by atoms with Crippen LogP contribution in [0.25, 0.3) is 0 Å². The van der Waals surface area contributed by atoms with Gasteiger partial charge in [-0.15, -0.1) is 0 Å². The minimum Gasteiger partial charge on any atom is -0.444 e. The van der Waals surface area contributed by atoms with Gasteiger partial charge >= 0.3 is 6.09 Å². The number of amides is 2. The Morgan fingerprint density at radius 3 is 2.58 bits per heavy atom. The van der Waals surface area contributed by atoms with Gasteiger partial charge in [-0.25, -0.2) is 4.79 Å². The number of nitrogens with zero attached hydrogens (tertiary/aromatic N) is 1. The number of benzene rings is 1. The average molecular weight is 361 g/mol. The Balaban J connectivity index is 1.53. The van der Waals surface area contributed by atoms with Crippen LogP contribution < -0.4 is 10.6 Å². The first-order valence-corrected chi connectivity index (χ1v) is 9.36. The predicted octanol–water partition coefficient (Wildman–Crippen LogP) is 2.47. The molecule has 6 nitrogen and oxygen atoms in total. The lowest BCUT2D eigenvalue weighted by molar-refractivity contribution is -0.120. The molecule has 0 spiro atoms. The summed E-state index contributed by atoms with van der Waals surface area (Å²) in [6.07, 6.45) is 1.79. The van der Waals surface area contributed by atoms with Gasteiger partial charge in [-0.3, -0.25) is 9.69 Å². The van der Waals surface area contributed by atoms with E-state index < -0.39 is 11.7 Å². The first-order valence-electron chi connectivity index (χ1n) is 9.36. The summed E-state index contributed by atoms with van der Waals surface area (Å²) in [7, 11) is 0. The minimum absolute atomic E-state index is 0.0509. The molecule has 0 saturated heterocycles. The van der Waals surface area contributed by atoms with Crippen LogP contribution in [0.4, 0.5) is 4.79 Å². The summed E-state index contributed by atoms with van der Waals surface area (Å²) < 4.78 is 5.12. The van der Waals surface area contributed by atoms with Crippen LogP contribution in [-0.4, -0.2) is 48.7 Å². The normalized spacial score (nSPS) is 14.4. The Hall–Kier alpha value is -2.08. The van der Waals surface area contributed by atoms with Crippen molar-refractivity contribution >= 4 is 12.0 Å². The van der Waals surface area contributed by atoms with E-state index in [1.807, 2.05) is 0 Å². The largest absolute Gasteiger partial charge is 0.444 e. The van der Waals surface area contributed by atoms with E-state index in [2.05, 4.69) is 39.8 Å². The van der Waals surface area contributed by atoms with Crippen LogP contribution in [-0.2, 0) is 22.5 Å². The molecule has 2 rings (SSSR count). The fraction of sp³-hybridized carbons (Fsp3) is 0.600. The number of hydrogen-bond acceptors (Lipinski definition) is 4. The standard InChI is InChI=1S/C20H31N3O3/c1-20(2,3)26-19(25)22-12-9-18(24)21-11-6-13-23-14-10-16-7-4-5-8-17(16)15-23/h4-5,7-8H,6,9-15H2,1-3H3,(H,21,24)(H,22,25). The number of carbonyl (C=O) groups is 2. The van der Waals surface area contributed by atoms with E-state index in [1.54, 1.807) is 20.8 Å². The molecule has 144 valence electrons. The maximum Gasteiger partial charge on any atom is 0.407 e. The third-order valence-corrected chi connectivity index (χ3v) is 4.20. The van der Waals surface area contributed by atoms with Crippen molar-refractivity contribution in [3.63, 3.8) is 0 Å².